The van der Waals surface area contributed by atoms with E-state index in [0.29, 0.717) is 11.3 Å². The lowest BCUT2D eigenvalue weighted by molar-refractivity contribution is 0.0664. The third-order valence-electron chi connectivity index (χ3n) is 3.51. The van der Waals surface area contributed by atoms with Gasteiger partial charge in [-0.1, -0.05) is 0 Å². The lowest BCUT2D eigenvalue weighted by Gasteiger charge is -2.32. The van der Waals surface area contributed by atoms with Gasteiger partial charge in [0.05, 0.1) is 12.8 Å². The van der Waals surface area contributed by atoms with Crippen molar-refractivity contribution in [3.63, 3.8) is 0 Å². The molecule has 1 heterocycles. The van der Waals surface area contributed by atoms with Crippen LogP contribution in [0, 0.1) is 0 Å². The Bertz CT molecular complexity index is 454. The topological polar surface area (TPSA) is 44.8 Å². The number of benzene rings is 1. The van der Waals surface area contributed by atoms with Crippen molar-refractivity contribution in [2.45, 2.75) is 0 Å². The first-order valence-corrected chi connectivity index (χ1v) is 6.49. The predicted octanol–water partition coefficient (Wildman–Crippen LogP) is 1.12. The number of likely N-dealkylation sites (N-methyl/N-ethyl adjacent to an activating group) is 1. The molecule has 1 amide bonds. The van der Waals surface area contributed by atoms with Crippen molar-refractivity contribution < 1.29 is 9.53 Å². The Morgan fingerprint density at radius 2 is 1.95 bits per heavy atom. The monoisotopic (exact) mass is 263 g/mol. The molecule has 1 saturated heterocycles. The van der Waals surface area contributed by atoms with Crippen molar-refractivity contribution in [3.05, 3.63) is 23.8 Å². The van der Waals surface area contributed by atoms with E-state index < -0.39 is 0 Å². The van der Waals surface area contributed by atoms with Gasteiger partial charge in [-0.3, -0.25) is 4.79 Å². The summed E-state index contributed by atoms with van der Waals surface area (Å²) in [5.74, 6) is 0.775. The van der Waals surface area contributed by atoms with Gasteiger partial charge in [0.25, 0.3) is 5.91 Å². The fourth-order valence-electron chi connectivity index (χ4n) is 2.22. The van der Waals surface area contributed by atoms with Gasteiger partial charge in [0.2, 0.25) is 0 Å². The van der Waals surface area contributed by atoms with Crippen LogP contribution in [0.3, 0.4) is 0 Å². The molecule has 1 aromatic carbocycles. The van der Waals surface area contributed by atoms with Crippen LogP contribution in [0.15, 0.2) is 18.2 Å². The highest BCUT2D eigenvalue weighted by Gasteiger charge is 2.21. The number of nitrogens with zero attached hydrogens (tertiary/aromatic N) is 2. The number of methoxy groups -OCH3 is 1. The molecule has 0 aliphatic carbocycles. The second kappa shape index (κ2) is 5.93. The minimum atomic E-state index is 0.0778. The Kier molecular flexibility index (Phi) is 4.27. The second-order valence-electron chi connectivity index (χ2n) is 4.76. The maximum absolute atomic E-state index is 12.4. The average molecular weight is 263 g/mol. The Morgan fingerprint density at radius 1 is 1.26 bits per heavy atom. The van der Waals surface area contributed by atoms with Crippen molar-refractivity contribution in [3.8, 4) is 5.75 Å². The third kappa shape index (κ3) is 2.98. The SMILES string of the molecule is CNc1ccc(C(=O)N2CCN(C)CC2)cc1OC. The van der Waals surface area contributed by atoms with E-state index in [2.05, 4.69) is 17.3 Å². The number of amides is 1. The van der Waals surface area contributed by atoms with Gasteiger partial charge >= 0.3 is 0 Å². The number of hydrogen-bond acceptors (Lipinski definition) is 4. The summed E-state index contributed by atoms with van der Waals surface area (Å²) in [5, 5.41) is 3.04. The van der Waals surface area contributed by atoms with Gasteiger partial charge in [-0.05, 0) is 25.2 Å². The van der Waals surface area contributed by atoms with Crippen molar-refractivity contribution in [1.29, 1.82) is 0 Å². The van der Waals surface area contributed by atoms with Gasteiger partial charge in [-0.2, -0.15) is 0 Å². The van der Waals surface area contributed by atoms with Gasteiger partial charge in [0.1, 0.15) is 5.75 Å². The third-order valence-corrected chi connectivity index (χ3v) is 3.51. The van der Waals surface area contributed by atoms with E-state index in [1.807, 2.05) is 24.1 Å². The minimum absolute atomic E-state index is 0.0778. The van der Waals surface area contributed by atoms with Crippen molar-refractivity contribution in [1.82, 2.24) is 9.80 Å². The molecule has 1 aromatic rings. The molecular weight excluding hydrogens is 242 g/mol. The summed E-state index contributed by atoms with van der Waals surface area (Å²) in [7, 11) is 5.52. The van der Waals surface area contributed by atoms with E-state index in [1.54, 1.807) is 13.2 Å². The van der Waals surface area contributed by atoms with Gasteiger partial charge in [0.15, 0.2) is 0 Å². The first-order chi connectivity index (χ1) is 9.15. The van der Waals surface area contributed by atoms with Gasteiger partial charge in [-0.15, -0.1) is 0 Å². The molecule has 5 nitrogen and oxygen atoms in total. The number of carbonyl (C=O) groups is 1. The van der Waals surface area contributed by atoms with Crippen molar-refractivity contribution >= 4 is 11.6 Å². The van der Waals surface area contributed by atoms with Crippen LogP contribution in [0.25, 0.3) is 0 Å². The Balaban J connectivity index is 2.15. The number of ether oxygens (including phenoxy) is 1. The summed E-state index contributed by atoms with van der Waals surface area (Å²) in [5.41, 5.74) is 1.57. The molecule has 104 valence electrons. The summed E-state index contributed by atoms with van der Waals surface area (Å²) < 4.78 is 5.29. The van der Waals surface area contributed by atoms with E-state index in [-0.39, 0.29) is 5.91 Å². The molecule has 0 atom stereocenters. The molecule has 1 N–H and O–H groups in total. The molecule has 5 heteroatoms. The van der Waals surface area contributed by atoms with Crippen LogP contribution >= 0.6 is 0 Å². The summed E-state index contributed by atoms with van der Waals surface area (Å²) in [6.07, 6.45) is 0. The first kappa shape index (κ1) is 13.7. The van der Waals surface area contributed by atoms with Crippen LogP contribution in [0.4, 0.5) is 5.69 Å². The molecule has 0 unspecified atom stereocenters. The molecule has 0 bridgehead atoms. The molecule has 0 spiro atoms. The maximum Gasteiger partial charge on any atom is 0.254 e. The fourth-order valence-corrected chi connectivity index (χ4v) is 2.22. The quantitative estimate of drug-likeness (QED) is 0.888. The van der Waals surface area contributed by atoms with Gasteiger partial charge < -0.3 is 19.9 Å². The summed E-state index contributed by atoms with van der Waals surface area (Å²) in [6.45, 7) is 3.42. The molecule has 0 aromatic heterocycles. The van der Waals surface area contributed by atoms with Crippen molar-refractivity contribution in [2.75, 3.05) is 52.7 Å². The fraction of sp³-hybridized carbons (Fsp3) is 0.500. The average Bonchev–Trinajstić information content (AvgIpc) is 2.46. The number of nitrogens with one attached hydrogen (secondary N) is 1. The number of carbonyl (C=O) groups excluding carboxylic acids is 1. The van der Waals surface area contributed by atoms with Crippen LogP contribution in [0.5, 0.6) is 5.75 Å². The zero-order valence-corrected chi connectivity index (χ0v) is 11.8. The van der Waals surface area contributed by atoms with E-state index >= 15 is 0 Å². The smallest absolute Gasteiger partial charge is 0.254 e. The lowest BCUT2D eigenvalue weighted by Crippen LogP contribution is -2.47. The molecule has 0 saturated carbocycles. The van der Waals surface area contributed by atoms with Crippen LogP contribution < -0.4 is 10.1 Å². The molecule has 0 radical (unpaired) electrons. The maximum atomic E-state index is 12.4. The molecule has 1 fully saturated rings. The number of hydrogen-bond donors (Lipinski definition) is 1. The highest BCUT2D eigenvalue weighted by Crippen LogP contribution is 2.25. The molecule has 1 aliphatic rings. The standard InChI is InChI=1S/C14H21N3O2/c1-15-12-5-4-11(10-13(12)19-3)14(18)17-8-6-16(2)7-9-17/h4-5,10,15H,6-9H2,1-3H3. The Hall–Kier alpha value is -1.75. The highest BCUT2D eigenvalue weighted by molar-refractivity contribution is 5.95. The van der Waals surface area contributed by atoms with Gasteiger partial charge in [-0.25, -0.2) is 0 Å². The Labute approximate surface area is 114 Å². The van der Waals surface area contributed by atoms with Crippen LogP contribution in [0.1, 0.15) is 10.4 Å². The molecule has 19 heavy (non-hydrogen) atoms. The predicted molar refractivity (Wildman–Crippen MR) is 75.9 cm³/mol. The van der Waals surface area contributed by atoms with Crippen LogP contribution in [-0.4, -0.2) is 63.1 Å². The number of rotatable bonds is 3. The lowest BCUT2D eigenvalue weighted by atomic mass is 10.1. The number of anilines is 1. The van der Waals surface area contributed by atoms with Gasteiger partial charge in [0, 0.05) is 38.8 Å². The zero-order valence-electron chi connectivity index (χ0n) is 11.8. The van der Waals surface area contributed by atoms with E-state index in [4.69, 9.17) is 4.74 Å². The van der Waals surface area contributed by atoms with Crippen LogP contribution in [0.2, 0.25) is 0 Å². The molecule has 2 rings (SSSR count). The van der Waals surface area contributed by atoms with E-state index in [9.17, 15) is 4.79 Å². The van der Waals surface area contributed by atoms with Crippen LogP contribution in [-0.2, 0) is 0 Å². The first-order valence-electron chi connectivity index (χ1n) is 6.49. The highest BCUT2D eigenvalue weighted by atomic mass is 16.5. The minimum Gasteiger partial charge on any atom is -0.495 e. The zero-order chi connectivity index (χ0) is 13.8. The second-order valence-corrected chi connectivity index (χ2v) is 4.76. The van der Waals surface area contributed by atoms with E-state index in [1.165, 1.54) is 0 Å². The molecule has 1 aliphatic heterocycles. The largest absolute Gasteiger partial charge is 0.495 e. The summed E-state index contributed by atoms with van der Waals surface area (Å²) in [4.78, 5) is 16.5. The Morgan fingerprint density at radius 3 is 2.53 bits per heavy atom. The normalized spacial score (nSPS) is 16.3. The van der Waals surface area contributed by atoms with E-state index in [0.717, 1.165) is 31.9 Å². The van der Waals surface area contributed by atoms with Crippen molar-refractivity contribution in [2.24, 2.45) is 0 Å². The molecular formula is C14H21N3O2. The summed E-state index contributed by atoms with van der Waals surface area (Å²) in [6, 6.07) is 5.52. The summed E-state index contributed by atoms with van der Waals surface area (Å²) >= 11 is 0. The number of piperazine rings is 1.